The second kappa shape index (κ2) is 7.26. The van der Waals surface area contributed by atoms with Crippen LogP contribution in [0.1, 0.15) is 12.5 Å². The number of sulfonamides is 1. The molecule has 1 atom stereocenters. The molecule has 146 valence electrons. The lowest BCUT2D eigenvalue weighted by Crippen LogP contribution is -2.38. The summed E-state index contributed by atoms with van der Waals surface area (Å²) in [5.74, 6) is 1.63. The van der Waals surface area contributed by atoms with Crippen LogP contribution in [0.4, 0.5) is 0 Å². The molecule has 0 fully saturated rings. The Labute approximate surface area is 157 Å². The molecule has 0 spiro atoms. The molecule has 0 radical (unpaired) electrons. The predicted octanol–water partition coefficient (Wildman–Crippen LogP) is 1.62. The molecule has 1 aliphatic rings. The molecule has 0 saturated carbocycles. The first-order valence-corrected chi connectivity index (χ1v) is 9.59. The Kier molecular flexibility index (Phi) is 5.18. The van der Waals surface area contributed by atoms with E-state index in [0.717, 1.165) is 0 Å². The van der Waals surface area contributed by atoms with Crippen LogP contribution in [0, 0.1) is 0 Å². The summed E-state index contributed by atoms with van der Waals surface area (Å²) >= 11 is 0. The summed E-state index contributed by atoms with van der Waals surface area (Å²) in [6, 6.07) is 9.42. The third-order valence-electron chi connectivity index (χ3n) is 4.26. The summed E-state index contributed by atoms with van der Waals surface area (Å²) in [5, 5.41) is 10.8. The van der Waals surface area contributed by atoms with E-state index in [1.165, 1.54) is 33.3 Å². The van der Waals surface area contributed by atoms with E-state index in [1.54, 1.807) is 24.3 Å². The molecule has 9 heteroatoms. The minimum atomic E-state index is -3.96. The first-order valence-electron chi connectivity index (χ1n) is 8.11. The van der Waals surface area contributed by atoms with E-state index in [4.69, 9.17) is 18.9 Å². The van der Waals surface area contributed by atoms with Gasteiger partial charge >= 0.3 is 0 Å². The Morgan fingerprint density at radius 2 is 1.85 bits per heavy atom. The minimum absolute atomic E-state index is 0.0779. The molecule has 0 saturated heterocycles. The topological polar surface area (TPSA) is 103 Å². The Morgan fingerprint density at radius 3 is 2.56 bits per heavy atom. The van der Waals surface area contributed by atoms with Crippen molar-refractivity contribution in [3.63, 3.8) is 0 Å². The highest BCUT2D eigenvalue weighted by Gasteiger charge is 2.29. The van der Waals surface area contributed by atoms with E-state index < -0.39 is 15.6 Å². The van der Waals surface area contributed by atoms with E-state index in [1.807, 2.05) is 0 Å². The summed E-state index contributed by atoms with van der Waals surface area (Å²) in [5.41, 5.74) is -0.979. The third kappa shape index (κ3) is 3.95. The minimum Gasteiger partial charge on any atom is -0.497 e. The van der Waals surface area contributed by atoms with Crippen molar-refractivity contribution in [2.75, 3.05) is 27.6 Å². The summed E-state index contributed by atoms with van der Waals surface area (Å²) in [4.78, 5) is -0.0779. The van der Waals surface area contributed by atoms with Crippen molar-refractivity contribution < 1.29 is 32.5 Å². The molecule has 0 amide bonds. The number of methoxy groups -OCH3 is 2. The second-order valence-corrected chi connectivity index (χ2v) is 7.92. The summed E-state index contributed by atoms with van der Waals surface area (Å²) in [7, 11) is -1.14. The zero-order valence-electron chi connectivity index (χ0n) is 15.2. The summed E-state index contributed by atoms with van der Waals surface area (Å²) in [6.45, 7) is 1.37. The molecule has 8 nitrogen and oxygen atoms in total. The number of hydrogen-bond acceptors (Lipinski definition) is 7. The number of benzene rings is 2. The molecule has 2 aromatic carbocycles. The van der Waals surface area contributed by atoms with Crippen molar-refractivity contribution in [2.24, 2.45) is 0 Å². The Morgan fingerprint density at radius 1 is 1.11 bits per heavy atom. The van der Waals surface area contributed by atoms with Gasteiger partial charge < -0.3 is 24.1 Å². The molecule has 1 aliphatic heterocycles. The summed E-state index contributed by atoms with van der Waals surface area (Å²) < 4.78 is 48.7. The van der Waals surface area contributed by atoms with Crippen molar-refractivity contribution in [1.82, 2.24) is 4.72 Å². The standard InChI is InChI=1S/C18H21NO7S/c1-18(20,12-4-6-14-16(8-12)26-11-25-14)10-19-27(21,22)17-9-13(23-2)5-7-15(17)24-3/h4-9,19-20H,10-11H2,1-3H3. The Bertz CT molecular complexity index is 941. The number of hydrogen-bond donors (Lipinski definition) is 2. The lowest BCUT2D eigenvalue weighted by Gasteiger charge is -2.24. The van der Waals surface area contributed by atoms with Gasteiger partial charge in [0.2, 0.25) is 16.8 Å². The molecule has 2 N–H and O–H groups in total. The first kappa shape index (κ1) is 19.3. The fraction of sp³-hybridized carbons (Fsp3) is 0.333. The van der Waals surface area contributed by atoms with E-state index >= 15 is 0 Å². The van der Waals surface area contributed by atoms with Crippen molar-refractivity contribution in [3.8, 4) is 23.0 Å². The van der Waals surface area contributed by atoms with Crippen LogP contribution in [-0.2, 0) is 15.6 Å². The van der Waals surface area contributed by atoms with Crippen molar-refractivity contribution in [3.05, 3.63) is 42.0 Å². The normalized spacial score (nSPS) is 15.3. The molecule has 0 aliphatic carbocycles. The quantitative estimate of drug-likeness (QED) is 0.734. The van der Waals surface area contributed by atoms with Gasteiger partial charge in [-0.25, -0.2) is 13.1 Å². The van der Waals surface area contributed by atoms with Gasteiger partial charge in [0.05, 0.1) is 14.2 Å². The number of nitrogens with one attached hydrogen (secondary N) is 1. The van der Waals surface area contributed by atoms with Crippen LogP contribution < -0.4 is 23.7 Å². The van der Waals surface area contributed by atoms with E-state index in [9.17, 15) is 13.5 Å². The molecule has 1 unspecified atom stereocenters. The van der Waals surface area contributed by atoms with E-state index in [2.05, 4.69) is 4.72 Å². The number of aliphatic hydroxyl groups is 1. The van der Waals surface area contributed by atoms with Crippen LogP contribution in [0.2, 0.25) is 0 Å². The maximum absolute atomic E-state index is 12.7. The average molecular weight is 395 g/mol. The number of rotatable bonds is 7. The second-order valence-electron chi connectivity index (χ2n) is 6.18. The van der Waals surface area contributed by atoms with Gasteiger partial charge in [-0.1, -0.05) is 6.07 Å². The monoisotopic (exact) mass is 395 g/mol. The highest BCUT2D eigenvalue weighted by molar-refractivity contribution is 7.89. The molecule has 3 rings (SSSR count). The molecular formula is C18H21NO7S. The van der Waals surface area contributed by atoms with Crippen molar-refractivity contribution >= 4 is 10.0 Å². The molecular weight excluding hydrogens is 374 g/mol. The molecule has 2 aromatic rings. The van der Waals surface area contributed by atoms with Gasteiger partial charge in [0.15, 0.2) is 11.5 Å². The van der Waals surface area contributed by atoms with Gasteiger partial charge in [0.25, 0.3) is 0 Å². The largest absolute Gasteiger partial charge is 0.497 e. The third-order valence-corrected chi connectivity index (χ3v) is 5.68. The Hall–Kier alpha value is -2.49. The Balaban J connectivity index is 1.82. The zero-order chi connectivity index (χ0) is 19.7. The van der Waals surface area contributed by atoms with Gasteiger partial charge in [-0.2, -0.15) is 0 Å². The zero-order valence-corrected chi connectivity index (χ0v) is 16.0. The number of ether oxygens (including phenoxy) is 4. The van der Waals surface area contributed by atoms with Crippen LogP contribution >= 0.6 is 0 Å². The van der Waals surface area contributed by atoms with Crippen LogP contribution in [-0.4, -0.2) is 41.1 Å². The molecule has 1 heterocycles. The highest BCUT2D eigenvalue weighted by atomic mass is 32.2. The summed E-state index contributed by atoms with van der Waals surface area (Å²) in [6.07, 6.45) is 0. The van der Waals surface area contributed by atoms with Gasteiger partial charge in [0.1, 0.15) is 22.0 Å². The maximum Gasteiger partial charge on any atom is 0.244 e. The molecule has 0 bridgehead atoms. The molecule has 27 heavy (non-hydrogen) atoms. The van der Waals surface area contributed by atoms with Crippen LogP contribution in [0.25, 0.3) is 0 Å². The van der Waals surface area contributed by atoms with Crippen LogP contribution in [0.3, 0.4) is 0 Å². The van der Waals surface area contributed by atoms with Gasteiger partial charge in [-0.05, 0) is 36.8 Å². The lowest BCUT2D eigenvalue weighted by molar-refractivity contribution is 0.0625. The van der Waals surface area contributed by atoms with Gasteiger partial charge in [0, 0.05) is 12.6 Å². The lowest BCUT2D eigenvalue weighted by atomic mass is 9.96. The first-order chi connectivity index (χ1) is 12.8. The highest BCUT2D eigenvalue weighted by Crippen LogP contribution is 2.36. The van der Waals surface area contributed by atoms with Crippen molar-refractivity contribution in [1.29, 1.82) is 0 Å². The molecule has 0 aromatic heterocycles. The van der Waals surface area contributed by atoms with Crippen LogP contribution in [0.15, 0.2) is 41.3 Å². The fourth-order valence-corrected chi connectivity index (χ4v) is 3.96. The van der Waals surface area contributed by atoms with Crippen LogP contribution in [0.5, 0.6) is 23.0 Å². The van der Waals surface area contributed by atoms with Crippen molar-refractivity contribution in [2.45, 2.75) is 17.4 Å². The van der Waals surface area contributed by atoms with E-state index in [-0.39, 0.29) is 24.0 Å². The predicted molar refractivity (Wildman–Crippen MR) is 96.9 cm³/mol. The SMILES string of the molecule is COc1ccc(OC)c(S(=O)(=O)NCC(C)(O)c2ccc3c(c2)OCO3)c1. The number of fused-ring (bicyclic) bond motifs is 1. The fourth-order valence-electron chi connectivity index (χ4n) is 2.64. The van der Waals surface area contributed by atoms with Gasteiger partial charge in [-0.3, -0.25) is 0 Å². The van der Waals surface area contributed by atoms with E-state index in [0.29, 0.717) is 22.8 Å². The average Bonchev–Trinajstić information content (AvgIpc) is 3.14. The maximum atomic E-state index is 12.7. The smallest absolute Gasteiger partial charge is 0.244 e. The van der Waals surface area contributed by atoms with Gasteiger partial charge in [-0.15, -0.1) is 0 Å².